The number of nitrogens with zero attached hydrogens (tertiary/aromatic N) is 3. The lowest BCUT2D eigenvalue weighted by Crippen LogP contribution is -2.49. The molecule has 0 spiro atoms. The molecule has 1 aromatic rings. The molecule has 1 aromatic carbocycles. The lowest BCUT2D eigenvalue weighted by molar-refractivity contribution is 0.198. The molecule has 1 saturated heterocycles. The van der Waals surface area contributed by atoms with E-state index in [0.29, 0.717) is 6.04 Å². The Morgan fingerprint density at radius 2 is 1.81 bits per heavy atom. The highest BCUT2D eigenvalue weighted by molar-refractivity contribution is 14.0. The predicted octanol–water partition coefficient (Wildman–Crippen LogP) is 3.54. The summed E-state index contributed by atoms with van der Waals surface area (Å²) in [4.78, 5) is 9.34. The molecule has 2 rings (SSSR count). The van der Waals surface area contributed by atoms with Crippen LogP contribution in [-0.2, 0) is 6.54 Å². The standard InChI is InChI=1S/C20H34BrN5.HI/c1-4-25(5-2)15-12-23-20(22-3)24-19-10-13-26(14-11-19)16-17-6-8-18(21)9-7-17;/h6-9,19H,4-5,10-16H2,1-3H3,(H2,22,23,24);1H. The topological polar surface area (TPSA) is 42.9 Å². The Morgan fingerprint density at radius 1 is 1.19 bits per heavy atom. The molecule has 1 heterocycles. The number of benzene rings is 1. The van der Waals surface area contributed by atoms with Crippen molar-refractivity contribution in [2.24, 2.45) is 4.99 Å². The molecular formula is C20H35BrIN5. The van der Waals surface area contributed by atoms with Crippen molar-refractivity contribution < 1.29 is 0 Å². The Balaban J connectivity index is 0.00000364. The summed E-state index contributed by atoms with van der Waals surface area (Å²) in [6.07, 6.45) is 2.32. The molecule has 0 saturated carbocycles. The zero-order valence-corrected chi connectivity index (χ0v) is 20.8. The quantitative estimate of drug-likeness (QED) is 0.295. The predicted molar refractivity (Wildman–Crippen MR) is 130 cm³/mol. The molecule has 0 radical (unpaired) electrons. The molecule has 0 aliphatic carbocycles. The molecule has 1 aliphatic rings. The second-order valence-electron chi connectivity index (χ2n) is 6.85. The molecule has 5 nitrogen and oxygen atoms in total. The molecule has 0 unspecified atom stereocenters. The minimum absolute atomic E-state index is 0. The van der Waals surface area contributed by atoms with E-state index in [1.165, 1.54) is 5.56 Å². The van der Waals surface area contributed by atoms with Crippen LogP contribution in [0.25, 0.3) is 0 Å². The van der Waals surface area contributed by atoms with Crippen molar-refractivity contribution >= 4 is 45.9 Å². The van der Waals surface area contributed by atoms with Crippen LogP contribution in [0.2, 0.25) is 0 Å². The molecule has 154 valence electrons. The first kappa shape index (κ1) is 24.7. The zero-order chi connectivity index (χ0) is 18.8. The van der Waals surface area contributed by atoms with Gasteiger partial charge in [-0.05, 0) is 43.6 Å². The van der Waals surface area contributed by atoms with Crippen molar-refractivity contribution in [3.8, 4) is 0 Å². The highest BCUT2D eigenvalue weighted by atomic mass is 127. The number of hydrogen-bond acceptors (Lipinski definition) is 3. The van der Waals surface area contributed by atoms with Gasteiger partial charge in [0.05, 0.1) is 0 Å². The van der Waals surface area contributed by atoms with Gasteiger partial charge in [-0.3, -0.25) is 9.89 Å². The average Bonchev–Trinajstić information content (AvgIpc) is 2.67. The second-order valence-corrected chi connectivity index (χ2v) is 7.76. The van der Waals surface area contributed by atoms with Gasteiger partial charge in [-0.1, -0.05) is 41.9 Å². The fourth-order valence-corrected chi connectivity index (χ4v) is 3.61. The first-order valence-corrected chi connectivity index (χ1v) is 10.6. The van der Waals surface area contributed by atoms with E-state index >= 15 is 0 Å². The highest BCUT2D eigenvalue weighted by Crippen LogP contribution is 2.16. The van der Waals surface area contributed by atoms with E-state index in [1.54, 1.807) is 0 Å². The molecule has 0 bridgehead atoms. The number of rotatable bonds is 8. The van der Waals surface area contributed by atoms with Gasteiger partial charge < -0.3 is 15.5 Å². The summed E-state index contributed by atoms with van der Waals surface area (Å²) in [5, 5.41) is 7.05. The molecule has 1 fully saturated rings. The van der Waals surface area contributed by atoms with Crippen LogP contribution in [0.5, 0.6) is 0 Å². The van der Waals surface area contributed by atoms with Crippen molar-refractivity contribution in [2.45, 2.75) is 39.3 Å². The third kappa shape index (κ3) is 9.11. The van der Waals surface area contributed by atoms with Crippen LogP contribution in [0.15, 0.2) is 33.7 Å². The van der Waals surface area contributed by atoms with Crippen LogP contribution in [0.3, 0.4) is 0 Å². The maximum absolute atomic E-state index is 4.38. The molecular weight excluding hydrogens is 517 g/mol. The number of likely N-dealkylation sites (tertiary alicyclic amines) is 1. The Kier molecular flexibility index (Phi) is 12.5. The summed E-state index contributed by atoms with van der Waals surface area (Å²) < 4.78 is 1.14. The molecule has 0 amide bonds. The van der Waals surface area contributed by atoms with E-state index in [4.69, 9.17) is 0 Å². The number of likely N-dealkylation sites (N-methyl/N-ethyl adjacent to an activating group) is 1. The summed E-state index contributed by atoms with van der Waals surface area (Å²) >= 11 is 3.50. The van der Waals surface area contributed by atoms with E-state index < -0.39 is 0 Å². The minimum atomic E-state index is 0. The molecule has 7 heteroatoms. The monoisotopic (exact) mass is 551 g/mol. The molecule has 27 heavy (non-hydrogen) atoms. The lowest BCUT2D eigenvalue weighted by Gasteiger charge is -2.33. The van der Waals surface area contributed by atoms with Crippen LogP contribution in [0, 0.1) is 0 Å². The first-order chi connectivity index (χ1) is 12.6. The Bertz CT molecular complexity index is 540. The van der Waals surface area contributed by atoms with Crippen molar-refractivity contribution in [1.82, 2.24) is 20.4 Å². The van der Waals surface area contributed by atoms with E-state index in [0.717, 1.165) is 69.1 Å². The van der Waals surface area contributed by atoms with Crippen molar-refractivity contribution in [3.63, 3.8) is 0 Å². The van der Waals surface area contributed by atoms with Crippen molar-refractivity contribution in [1.29, 1.82) is 0 Å². The average molecular weight is 552 g/mol. The number of aliphatic imine (C=N–C) groups is 1. The van der Waals surface area contributed by atoms with E-state index in [9.17, 15) is 0 Å². The third-order valence-corrected chi connectivity index (χ3v) is 5.62. The maximum Gasteiger partial charge on any atom is 0.191 e. The first-order valence-electron chi connectivity index (χ1n) is 9.81. The summed E-state index contributed by atoms with van der Waals surface area (Å²) in [6, 6.07) is 9.16. The zero-order valence-electron chi connectivity index (χ0n) is 16.9. The summed E-state index contributed by atoms with van der Waals surface area (Å²) in [5.41, 5.74) is 1.38. The van der Waals surface area contributed by atoms with Crippen molar-refractivity contribution in [3.05, 3.63) is 34.3 Å². The Morgan fingerprint density at radius 3 is 2.37 bits per heavy atom. The molecule has 1 aliphatic heterocycles. The number of halogens is 2. The van der Waals surface area contributed by atoms with Crippen molar-refractivity contribution in [2.75, 3.05) is 46.3 Å². The highest BCUT2D eigenvalue weighted by Gasteiger charge is 2.20. The number of hydrogen-bond donors (Lipinski definition) is 2. The van der Waals surface area contributed by atoms with Gasteiger partial charge in [-0.2, -0.15) is 0 Å². The van der Waals surface area contributed by atoms with Crippen LogP contribution >= 0.6 is 39.9 Å². The smallest absolute Gasteiger partial charge is 0.191 e. The van der Waals surface area contributed by atoms with E-state index in [-0.39, 0.29) is 24.0 Å². The van der Waals surface area contributed by atoms with E-state index in [2.05, 4.69) is 79.5 Å². The van der Waals surface area contributed by atoms with Gasteiger partial charge in [0.15, 0.2) is 5.96 Å². The molecule has 2 N–H and O–H groups in total. The maximum atomic E-state index is 4.38. The van der Waals surface area contributed by atoms with Crippen LogP contribution in [0.1, 0.15) is 32.3 Å². The van der Waals surface area contributed by atoms with Gasteiger partial charge in [0.1, 0.15) is 0 Å². The summed E-state index contributed by atoms with van der Waals surface area (Å²) in [5.74, 6) is 0.934. The number of guanidine groups is 1. The van der Waals surface area contributed by atoms with Gasteiger partial charge in [0.2, 0.25) is 0 Å². The largest absolute Gasteiger partial charge is 0.355 e. The number of piperidine rings is 1. The van der Waals surface area contributed by atoms with Crippen LogP contribution in [-0.4, -0.2) is 68.1 Å². The molecule has 0 atom stereocenters. The van der Waals surface area contributed by atoms with Gasteiger partial charge in [-0.25, -0.2) is 0 Å². The van der Waals surface area contributed by atoms with Gasteiger partial charge in [0, 0.05) is 50.3 Å². The van der Waals surface area contributed by atoms with Crippen LogP contribution < -0.4 is 10.6 Å². The fourth-order valence-electron chi connectivity index (χ4n) is 3.34. The summed E-state index contributed by atoms with van der Waals surface area (Å²) in [6.45, 7) is 11.9. The summed E-state index contributed by atoms with van der Waals surface area (Å²) in [7, 11) is 1.86. The SMILES string of the molecule is CCN(CC)CCNC(=NC)NC1CCN(Cc2ccc(Br)cc2)CC1.I. The van der Waals surface area contributed by atoms with Gasteiger partial charge in [-0.15, -0.1) is 24.0 Å². The van der Waals surface area contributed by atoms with Gasteiger partial charge >= 0.3 is 0 Å². The molecule has 0 aromatic heterocycles. The van der Waals surface area contributed by atoms with Crippen LogP contribution in [0.4, 0.5) is 0 Å². The lowest BCUT2D eigenvalue weighted by atomic mass is 10.0. The third-order valence-electron chi connectivity index (χ3n) is 5.09. The number of nitrogens with one attached hydrogen (secondary N) is 2. The second kappa shape index (κ2) is 13.7. The van der Waals surface area contributed by atoms with E-state index in [1.807, 2.05) is 7.05 Å². The minimum Gasteiger partial charge on any atom is -0.355 e. The van der Waals surface area contributed by atoms with Gasteiger partial charge in [0.25, 0.3) is 0 Å². The fraction of sp³-hybridized carbons (Fsp3) is 0.650. The normalized spacial score (nSPS) is 16.3. The Hall–Kier alpha value is -0.380. The Labute approximate surface area is 190 Å².